The van der Waals surface area contributed by atoms with Gasteiger partial charge in [-0.2, -0.15) is 0 Å². The SMILES string of the molecule is CC(Cc1ccccc1)C(O)c1ccc(CN2CCCC2)s1. The summed E-state index contributed by atoms with van der Waals surface area (Å²) in [5, 5.41) is 10.6. The summed E-state index contributed by atoms with van der Waals surface area (Å²) in [6.45, 7) is 5.63. The molecule has 2 aromatic rings. The van der Waals surface area contributed by atoms with E-state index >= 15 is 0 Å². The van der Waals surface area contributed by atoms with Crippen molar-refractivity contribution in [2.45, 2.75) is 38.8 Å². The molecular weight excluding hydrogens is 290 g/mol. The van der Waals surface area contributed by atoms with Gasteiger partial charge in [-0.1, -0.05) is 37.3 Å². The smallest absolute Gasteiger partial charge is 0.0910 e. The first kappa shape index (κ1) is 15.7. The van der Waals surface area contributed by atoms with Gasteiger partial charge in [0.2, 0.25) is 0 Å². The van der Waals surface area contributed by atoms with E-state index in [0.717, 1.165) is 17.8 Å². The molecule has 2 unspecified atom stereocenters. The van der Waals surface area contributed by atoms with E-state index in [0.29, 0.717) is 0 Å². The van der Waals surface area contributed by atoms with E-state index in [1.54, 1.807) is 11.3 Å². The van der Waals surface area contributed by atoms with E-state index in [1.165, 1.54) is 36.4 Å². The Morgan fingerprint density at radius 1 is 1.09 bits per heavy atom. The lowest BCUT2D eigenvalue weighted by Gasteiger charge is -2.18. The molecule has 22 heavy (non-hydrogen) atoms. The highest BCUT2D eigenvalue weighted by Gasteiger charge is 2.20. The molecule has 0 bridgehead atoms. The molecule has 3 rings (SSSR count). The maximum absolute atomic E-state index is 10.6. The van der Waals surface area contributed by atoms with Crippen molar-refractivity contribution >= 4 is 11.3 Å². The van der Waals surface area contributed by atoms with Gasteiger partial charge in [0.05, 0.1) is 6.10 Å². The molecule has 1 aliphatic heterocycles. The lowest BCUT2D eigenvalue weighted by atomic mass is 9.95. The van der Waals surface area contributed by atoms with Crippen LogP contribution in [0, 0.1) is 5.92 Å². The molecule has 0 amide bonds. The van der Waals surface area contributed by atoms with Crippen LogP contribution in [0.15, 0.2) is 42.5 Å². The lowest BCUT2D eigenvalue weighted by molar-refractivity contribution is 0.121. The van der Waals surface area contributed by atoms with Gasteiger partial charge in [-0.25, -0.2) is 0 Å². The Balaban J connectivity index is 1.59. The molecule has 2 heterocycles. The molecule has 3 heteroatoms. The zero-order chi connectivity index (χ0) is 15.4. The molecule has 0 saturated carbocycles. The quantitative estimate of drug-likeness (QED) is 0.861. The van der Waals surface area contributed by atoms with Crippen molar-refractivity contribution in [2.75, 3.05) is 13.1 Å². The molecule has 118 valence electrons. The Hall–Kier alpha value is -1.16. The minimum Gasteiger partial charge on any atom is -0.387 e. The highest BCUT2D eigenvalue weighted by Crippen LogP contribution is 2.31. The van der Waals surface area contributed by atoms with Crippen molar-refractivity contribution in [3.8, 4) is 0 Å². The van der Waals surface area contributed by atoms with E-state index in [9.17, 15) is 5.11 Å². The summed E-state index contributed by atoms with van der Waals surface area (Å²) in [6.07, 6.45) is 3.21. The Morgan fingerprint density at radius 2 is 1.82 bits per heavy atom. The van der Waals surface area contributed by atoms with Gasteiger partial charge in [0, 0.05) is 16.3 Å². The molecule has 0 radical (unpaired) electrons. The lowest BCUT2D eigenvalue weighted by Crippen LogP contribution is -2.17. The van der Waals surface area contributed by atoms with Crippen LogP contribution >= 0.6 is 11.3 Å². The van der Waals surface area contributed by atoms with E-state index in [4.69, 9.17) is 0 Å². The standard InChI is InChI=1S/C19H25NOS/c1-15(13-16-7-3-2-4-8-16)19(21)18-10-9-17(22-18)14-20-11-5-6-12-20/h2-4,7-10,15,19,21H,5-6,11-14H2,1H3. The summed E-state index contributed by atoms with van der Waals surface area (Å²) < 4.78 is 0. The maximum Gasteiger partial charge on any atom is 0.0910 e. The van der Waals surface area contributed by atoms with E-state index in [1.807, 2.05) is 6.07 Å². The first-order chi connectivity index (χ1) is 10.7. The van der Waals surface area contributed by atoms with Gasteiger partial charge in [0.1, 0.15) is 0 Å². The van der Waals surface area contributed by atoms with Crippen LogP contribution in [0.4, 0.5) is 0 Å². The van der Waals surface area contributed by atoms with Crippen LogP contribution in [0.25, 0.3) is 0 Å². The van der Waals surface area contributed by atoms with Crippen molar-refractivity contribution in [1.82, 2.24) is 4.90 Å². The van der Waals surface area contributed by atoms with Crippen molar-refractivity contribution in [3.05, 3.63) is 57.8 Å². The average molecular weight is 315 g/mol. The fourth-order valence-electron chi connectivity index (χ4n) is 3.18. The molecular formula is C19H25NOS. The molecule has 1 saturated heterocycles. The third kappa shape index (κ3) is 3.97. The summed E-state index contributed by atoms with van der Waals surface area (Å²) >= 11 is 1.78. The Labute approximate surface area is 137 Å². The molecule has 0 spiro atoms. The number of hydrogen-bond acceptors (Lipinski definition) is 3. The zero-order valence-corrected chi connectivity index (χ0v) is 14.1. The number of benzene rings is 1. The molecule has 1 aromatic heterocycles. The summed E-state index contributed by atoms with van der Waals surface area (Å²) in [5.74, 6) is 0.237. The van der Waals surface area contributed by atoms with Gasteiger partial charge >= 0.3 is 0 Å². The van der Waals surface area contributed by atoms with Crippen molar-refractivity contribution in [2.24, 2.45) is 5.92 Å². The normalized spacial score (nSPS) is 18.5. The number of aliphatic hydroxyl groups is 1. The average Bonchev–Trinajstić information content (AvgIpc) is 3.20. The minimum atomic E-state index is -0.363. The van der Waals surface area contributed by atoms with Gasteiger partial charge in [0.25, 0.3) is 0 Å². The molecule has 2 atom stereocenters. The van der Waals surface area contributed by atoms with Crippen LogP contribution in [0.1, 0.15) is 41.2 Å². The fourth-order valence-corrected chi connectivity index (χ4v) is 4.35. The van der Waals surface area contributed by atoms with Gasteiger partial charge in [-0.3, -0.25) is 4.90 Å². The van der Waals surface area contributed by atoms with Crippen LogP contribution in [0.3, 0.4) is 0 Å². The monoisotopic (exact) mass is 315 g/mol. The van der Waals surface area contributed by atoms with Gasteiger partial charge < -0.3 is 5.11 Å². The second-order valence-corrected chi connectivity index (χ2v) is 7.60. The first-order valence-electron chi connectivity index (χ1n) is 8.25. The van der Waals surface area contributed by atoms with E-state index in [-0.39, 0.29) is 12.0 Å². The largest absolute Gasteiger partial charge is 0.387 e. The summed E-state index contributed by atoms with van der Waals surface area (Å²) in [6, 6.07) is 14.7. The third-order valence-corrected chi connectivity index (χ3v) is 5.63. The summed E-state index contributed by atoms with van der Waals surface area (Å²) in [4.78, 5) is 5.00. The van der Waals surface area contributed by atoms with Crippen molar-refractivity contribution in [3.63, 3.8) is 0 Å². The minimum absolute atomic E-state index is 0.237. The second kappa shape index (κ2) is 7.40. The summed E-state index contributed by atoms with van der Waals surface area (Å²) in [7, 11) is 0. The van der Waals surface area contributed by atoms with Crippen molar-refractivity contribution < 1.29 is 5.11 Å². The highest BCUT2D eigenvalue weighted by molar-refractivity contribution is 7.12. The Kier molecular flexibility index (Phi) is 5.29. The molecule has 1 fully saturated rings. The zero-order valence-electron chi connectivity index (χ0n) is 13.2. The van der Waals surface area contributed by atoms with Crippen LogP contribution in [0.5, 0.6) is 0 Å². The Morgan fingerprint density at radius 3 is 2.55 bits per heavy atom. The number of rotatable bonds is 6. The second-order valence-electron chi connectivity index (χ2n) is 6.40. The molecule has 2 nitrogen and oxygen atoms in total. The van der Waals surface area contributed by atoms with E-state index < -0.39 is 0 Å². The van der Waals surface area contributed by atoms with Crippen LogP contribution in [0.2, 0.25) is 0 Å². The van der Waals surface area contributed by atoms with Crippen LogP contribution < -0.4 is 0 Å². The molecule has 1 aromatic carbocycles. The number of nitrogens with zero attached hydrogens (tertiary/aromatic N) is 1. The van der Waals surface area contributed by atoms with Crippen LogP contribution in [-0.4, -0.2) is 23.1 Å². The topological polar surface area (TPSA) is 23.5 Å². The third-order valence-electron chi connectivity index (χ3n) is 4.49. The molecule has 1 aliphatic rings. The fraction of sp³-hybridized carbons (Fsp3) is 0.474. The predicted octanol–water partition coefficient (Wildman–Crippen LogP) is 4.26. The molecule has 1 N–H and O–H groups in total. The van der Waals surface area contributed by atoms with E-state index in [2.05, 4.69) is 48.2 Å². The predicted molar refractivity (Wildman–Crippen MR) is 93.1 cm³/mol. The highest BCUT2D eigenvalue weighted by atomic mass is 32.1. The first-order valence-corrected chi connectivity index (χ1v) is 9.07. The molecule has 0 aliphatic carbocycles. The number of likely N-dealkylation sites (tertiary alicyclic amines) is 1. The van der Waals surface area contributed by atoms with Crippen LogP contribution in [-0.2, 0) is 13.0 Å². The number of thiophene rings is 1. The van der Waals surface area contributed by atoms with Gasteiger partial charge in [0.15, 0.2) is 0 Å². The van der Waals surface area contributed by atoms with Crippen molar-refractivity contribution in [1.29, 1.82) is 0 Å². The summed E-state index contributed by atoms with van der Waals surface area (Å²) in [5.41, 5.74) is 1.29. The number of hydrogen-bond donors (Lipinski definition) is 1. The van der Waals surface area contributed by atoms with Gasteiger partial charge in [-0.15, -0.1) is 11.3 Å². The van der Waals surface area contributed by atoms with Gasteiger partial charge in [-0.05, 0) is 56.0 Å². The maximum atomic E-state index is 10.6. The number of aliphatic hydroxyl groups excluding tert-OH is 1. The Bertz CT molecular complexity index is 574.